The van der Waals surface area contributed by atoms with Gasteiger partial charge in [0.25, 0.3) is 0 Å². The molecule has 0 radical (unpaired) electrons. The number of hydrogen-bond donors (Lipinski definition) is 2. The number of nitrogens with one attached hydrogen (secondary N) is 2. The van der Waals surface area contributed by atoms with E-state index in [1.165, 1.54) is 0 Å². The highest BCUT2D eigenvalue weighted by atomic mass is 16.5. The summed E-state index contributed by atoms with van der Waals surface area (Å²) in [4.78, 5) is 35.6. The van der Waals surface area contributed by atoms with E-state index in [0.29, 0.717) is 37.0 Å². The molecule has 3 aromatic rings. The van der Waals surface area contributed by atoms with Crippen LogP contribution in [-0.2, 0) is 14.3 Å². The Labute approximate surface area is 193 Å². The van der Waals surface area contributed by atoms with Crippen molar-refractivity contribution in [2.45, 2.75) is 13.3 Å². The zero-order valence-corrected chi connectivity index (χ0v) is 18.7. The summed E-state index contributed by atoms with van der Waals surface area (Å²) < 4.78 is 5.03. The average Bonchev–Trinajstić information content (AvgIpc) is 3.19. The molecule has 8 heteroatoms. The van der Waals surface area contributed by atoms with Gasteiger partial charge in [-0.25, -0.2) is 9.97 Å². The largest absolute Gasteiger partial charge is 0.383 e. The molecule has 0 aliphatic carbocycles. The van der Waals surface area contributed by atoms with Crippen LogP contribution in [0.5, 0.6) is 0 Å². The van der Waals surface area contributed by atoms with Gasteiger partial charge in [0.15, 0.2) is 0 Å². The lowest BCUT2D eigenvalue weighted by atomic mass is 10.1. The Morgan fingerprint density at radius 1 is 1.09 bits per heavy atom. The molecule has 1 fully saturated rings. The topological polar surface area (TPSA) is 96.5 Å². The normalized spacial score (nSPS) is 15.5. The molecule has 0 spiro atoms. The maximum Gasteiger partial charge on any atom is 0.229 e. The van der Waals surface area contributed by atoms with E-state index < -0.39 is 0 Å². The van der Waals surface area contributed by atoms with Crippen molar-refractivity contribution in [3.8, 4) is 11.3 Å². The van der Waals surface area contributed by atoms with E-state index in [-0.39, 0.29) is 24.2 Å². The fourth-order valence-corrected chi connectivity index (χ4v) is 3.82. The molecule has 1 aromatic heterocycles. The molecule has 2 amide bonds. The van der Waals surface area contributed by atoms with Gasteiger partial charge in [-0.15, -0.1) is 0 Å². The van der Waals surface area contributed by atoms with Crippen LogP contribution in [0.3, 0.4) is 0 Å². The van der Waals surface area contributed by atoms with E-state index in [1.807, 2.05) is 67.6 Å². The molecule has 1 atom stereocenters. The lowest BCUT2D eigenvalue weighted by Gasteiger charge is -2.16. The van der Waals surface area contributed by atoms with Crippen molar-refractivity contribution in [2.75, 3.05) is 37.4 Å². The molecule has 2 N–H and O–H groups in total. The second-order valence-corrected chi connectivity index (χ2v) is 7.98. The van der Waals surface area contributed by atoms with Gasteiger partial charge in [0.2, 0.25) is 11.8 Å². The van der Waals surface area contributed by atoms with Crippen LogP contribution in [0, 0.1) is 12.8 Å². The average molecular weight is 446 g/mol. The monoisotopic (exact) mass is 445 g/mol. The van der Waals surface area contributed by atoms with Crippen LogP contribution in [0.15, 0.2) is 60.7 Å². The fraction of sp³-hybridized carbons (Fsp3) is 0.280. The van der Waals surface area contributed by atoms with Gasteiger partial charge in [-0.1, -0.05) is 36.4 Å². The van der Waals surface area contributed by atoms with E-state index in [4.69, 9.17) is 4.74 Å². The summed E-state index contributed by atoms with van der Waals surface area (Å²) in [6.45, 7) is 3.23. The summed E-state index contributed by atoms with van der Waals surface area (Å²) in [5, 5.41) is 6.23. The molecule has 1 aliphatic heterocycles. The predicted molar refractivity (Wildman–Crippen MR) is 127 cm³/mol. The maximum atomic E-state index is 12.7. The SMILES string of the molecule is COCCN1CC(C(=O)Nc2cccc(Nc3cc(-c4ccccc4)nc(C)n3)c2)CC1=O. The molecule has 2 heterocycles. The third kappa shape index (κ3) is 5.72. The van der Waals surface area contributed by atoms with Crippen LogP contribution in [-0.4, -0.2) is 53.5 Å². The van der Waals surface area contributed by atoms with Crippen molar-refractivity contribution >= 4 is 29.0 Å². The highest BCUT2D eigenvalue weighted by Crippen LogP contribution is 2.25. The van der Waals surface area contributed by atoms with Crippen molar-refractivity contribution in [3.63, 3.8) is 0 Å². The summed E-state index contributed by atoms with van der Waals surface area (Å²) in [6, 6.07) is 19.2. The van der Waals surface area contributed by atoms with Gasteiger partial charge in [-0.3, -0.25) is 9.59 Å². The quantitative estimate of drug-likeness (QED) is 0.550. The van der Waals surface area contributed by atoms with Crippen molar-refractivity contribution in [2.24, 2.45) is 5.92 Å². The van der Waals surface area contributed by atoms with Crippen molar-refractivity contribution in [1.29, 1.82) is 0 Å². The number of hydrogen-bond acceptors (Lipinski definition) is 6. The van der Waals surface area contributed by atoms with Crippen molar-refractivity contribution < 1.29 is 14.3 Å². The number of likely N-dealkylation sites (tertiary alicyclic amines) is 1. The van der Waals surface area contributed by atoms with Crippen LogP contribution >= 0.6 is 0 Å². The molecule has 2 aromatic carbocycles. The summed E-state index contributed by atoms with van der Waals surface area (Å²) >= 11 is 0. The third-order valence-electron chi connectivity index (χ3n) is 5.46. The first-order chi connectivity index (χ1) is 16.0. The smallest absolute Gasteiger partial charge is 0.229 e. The first-order valence-electron chi connectivity index (χ1n) is 10.9. The number of anilines is 3. The summed E-state index contributed by atoms with van der Waals surface area (Å²) in [7, 11) is 1.59. The molecule has 4 rings (SSSR count). The van der Waals surface area contributed by atoms with Crippen molar-refractivity contribution in [3.05, 3.63) is 66.5 Å². The lowest BCUT2D eigenvalue weighted by Crippen LogP contribution is -2.30. The minimum absolute atomic E-state index is 0.0176. The molecule has 0 saturated carbocycles. The lowest BCUT2D eigenvalue weighted by molar-refractivity contribution is -0.128. The minimum Gasteiger partial charge on any atom is -0.383 e. The van der Waals surface area contributed by atoms with Crippen LogP contribution in [0.2, 0.25) is 0 Å². The van der Waals surface area contributed by atoms with Gasteiger partial charge >= 0.3 is 0 Å². The van der Waals surface area contributed by atoms with Crippen LogP contribution in [0.1, 0.15) is 12.2 Å². The number of benzene rings is 2. The highest BCUT2D eigenvalue weighted by Gasteiger charge is 2.34. The van der Waals surface area contributed by atoms with E-state index in [9.17, 15) is 9.59 Å². The number of methoxy groups -OCH3 is 1. The molecule has 170 valence electrons. The van der Waals surface area contributed by atoms with E-state index in [0.717, 1.165) is 16.9 Å². The Morgan fingerprint density at radius 2 is 1.88 bits per heavy atom. The van der Waals surface area contributed by atoms with Gasteiger partial charge < -0.3 is 20.3 Å². The molecule has 0 bridgehead atoms. The zero-order chi connectivity index (χ0) is 23.2. The number of rotatable bonds is 8. The molecule has 8 nitrogen and oxygen atoms in total. The zero-order valence-electron chi connectivity index (χ0n) is 18.7. The number of amides is 2. The van der Waals surface area contributed by atoms with E-state index >= 15 is 0 Å². The summed E-state index contributed by atoms with van der Waals surface area (Å²) in [6.07, 6.45) is 0.218. The minimum atomic E-state index is -0.371. The van der Waals surface area contributed by atoms with Gasteiger partial charge in [0, 0.05) is 49.6 Å². The fourth-order valence-electron chi connectivity index (χ4n) is 3.82. The standard InChI is InChI=1S/C25H27N5O3/c1-17-26-22(18-7-4-3-5-8-18)15-23(27-17)28-20-9-6-10-21(14-20)29-25(32)19-13-24(31)30(16-19)11-12-33-2/h3-10,14-15,19H,11-13,16H2,1-2H3,(H,29,32)(H,26,27,28). The van der Waals surface area contributed by atoms with Crippen molar-refractivity contribution in [1.82, 2.24) is 14.9 Å². The Bertz CT molecular complexity index is 1140. The van der Waals surface area contributed by atoms with Gasteiger partial charge in [-0.05, 0) is 25.1 Å². The number of ether oxygens (including phenoxy) is 1. The number of aromatic nitrogens is 2. The van der Waals surface area contributed by atoms with E-state index in [1.54, 1.807) is 12.0 Å². The molecular weight excluding hydrogens is 418 g/mol. The van der Waals surface area contributed by atoms with E-state index in [2.05, 4.69) is 20.6 Å². The summed E-state index contributed by atoms with van der Waals surface area (Å²) in [5.41, 5.74) is 3.28. The number of carbonyl (C=O) groups excluding carboxylic acids is 2. The highest BCUT2D eigenvalue weighted by molar-refractivity contribution is 5.97. The van der Waals surface area contributed by atoms with Gasteiger partial charge in [0.05, 0.1) is 18.2 Å². The first-order valence-corrected chi connectivity index (χ1v) is 10.9. The maximum absolute atomic E-state index is 12.7. The second-order valence-electron chi connectivity index (χ2n) is 7.98. The Balaban J connectivity index is 1.43. The molecule has 1 unspecified atom stereocenters. The summed E-state index contributed by atoms with van der Waals surface area (Å²) in [5.74, 6) is 0.775. The number of nitrogens with zero attached hydrogens (tertiary/aromatic N) is 3. The van der Waals surface area contributed by atoms with Gasteiger partial charge in [0.1, 0.15) is 11.6 Å². The first kappa shape index (κ1) is 22.4. The molecule has 33 heavy (non-hydrogen) atoms. The Morgan fingerprint density at radius 3 is 2.67 bits per heavy atom. The van der Waals surface area contributed by atoms with Gasteiger partial charge in [-0.2, -0.15) is 0 Å². The number of aryl methyl sites for hydroxylation is 1. The van der Waals surface area contributed by atoms with Crippen LogP contribution in [0.25, 0.3) is 11.3 Å². The Kier molecular flexibility index (Phi) is 6.95. The third-order valence-corrected chi connectivity index (χ3v) is 5.46. The molecule has 1 saturated heterocycles. The molecular formula is C25H27N5O3. The molecule has 1 aliphatic rings. The number of carbonyl (C=O) groups is 2. The predicted octanol–water partition coefficient (Wildman–Crippen LogP) is 3.63. The second kappa shape index (κ2) is 10.2. The van der Waals surface area contributed by atoms with Crippen LogP contribution < -0.4 is 10.6 Å². The van der Waals surface area contributed by atoms with Crippen LogP contribution in [0.4, 0.5) is 17.2 Å². The Hall–Kier alpha value is -3.78.